The van der Waals surface area contributed by atoms with Crippen LogP contribution in [0.25, 0.3) is 11.3 Å². The van der Waals surface area contributed by atoms with E-state index >= 15 is 0 Å². The molecule has 1 aliphatic rings. The molecule has 0 saturated carbocycles. The quantitative estimate of drug-likeness (QED) is 0.616. The highest BCUT2D eigenvalue weighted by Gasteiger charge is 2.13. The van der Waals surface area contributed by atoms with Crippen LogP contribution in [0.1, 0.15) is 30.6 Å². The molecular formula is C24H25NO3. The Labute approximate surface area is 165 Å². The molecule has 4 nitrogen and oxygen atoms in total. The Morgan fingerprint density at radius 1 is 0.893 bits per heavy atom. The summed E-state index contributed by atoms with van der Waals surface area (Å²) in [4.78, 5) is 14.5. The SMILES string of the molecule is O=c1cc(CN2CCCCC2)oc(-c2ccc(OCc3ccccc3)cc2)c1. The molecule has 0 spiro atoms. The van der Waals surface area contributed by atoms with Gasteiger partial charge in [-0.15, -0.1) is 0 Å². The highest BCUT2D eigenvalue weighted by atomic mass is 16.5. The molecule has 4 rings (SSSR count). The lowest BCUT2D eigenvalue weighted by Crippen LogP contribution is -2.29. The van der Waals surface area contributed by atoms with Gasteiger partial charge in [0.05, 0.1) is 6.54 Å². The molecule has 2 aromatic carbocycles. The number of likely N-dealkylation sites (tertiary alicyclic amines) is 1. The number of ether oxygens (including phenoxy) is 1. The third-order valence-electron chi connectivity index (χ3n) is 5.03. The number of hydrogen-bond acceptors (Lipinski definition) is 4. The van der Waals surface area contributed by atoms with Crippen molar-refractivity contribution < 1.29 is 9.15 Å². The lowest BCUT2D eigenvalue weighted by molar-refractivity contribution is 0.204. The maximum absolute atomic E-state index is 12.1. The Balaban J connectivity index is 1.45. The molecule has 0 N–H and O–H groups in total. The first kappa shape index (κ1) is 18.5. The molecule has 2 heterocycles. The van der Waals surface area contributed by atoms with Crippen molar-refractivity contribution in [2.45, 2.75) is 32.4 Å². The molecule has 0 amide bonds. The maximum atomic E-state index is 12.1. The molecule has 3 aromatic rings. The molecular weight excluding hydrogens is 350 g/mol. The smallest absolute Gasteiger partial charge is 0.185 e. The zero-order chi connectivity index (χ0) is 19.2. The van der Waals surface area contributed by atoms with Crippen molar-refractivity contribution in [1.82, 2.24) is 4.90 Å². The molecule has 144 valence electrons. The maximum Gasteiger partial charge on any atom is 0.185 e. The van der Waals surface area contributed by atoms with Crippen LogP contribution in [0.3, 0.4) is 0 Å². The van der Waals surface area contributed by atoms with Crippen molar-refractivity contribution in [3.63, 3.8) is 0 Å². The van der Waals surface area contributed by atoms with E-state index in [2.05, 4.69) is 4.90 Å². The summed E-state index contributed by atoms with van der Waals surface area (Å²) in [5.41, 5.74) is 1.99. The van der Waals surface area contributed by atoms with Gasteiger partial charge in [-0.05, 0) is 55.8 Å². The molecule has 0 atom stereocenters. The van der Waals surface area contributed by atoms with Crippen LogP contribution in [0.4, 0.5) is 0 Å². The monoisotopic (exact) mass is 375 g/mol. The summed E-state index contributed by atoms with van der Waals surface area (Å²) in [5, 5.41) is 0. The normalized spacial score (nSPS) is 14.7. The average molecular weight is 375 g/mol. The van der Waals surface area contributed by atoms with E-state index in [1.807, 2.05) is 54.6 Å². The third-order valence-corrected chi connectivity index (χ3v) is 5.03. The lowest BCUT2D eigenvalue weighted by Gasteiger charge is -2.25. The van der Waals surface area contributed by atoms with Crippen LogP contribution in [-0.4, -0.2) is 18.0 Å². The van der Waals surface area contributed by atoms with E-state index in [9.17, 15) is 4.79 Å². The fourth-order valence-electron chi connectivity index (χ4n) is 3.54. The molecule has 4 heteroatoms. The van der Waals surface area contributed by atoms with E-state index in [1.165, 1.54) is 19.3 Å². The molecule has 1 aromatic heterocycles. The summed E-state index contributed by atoms with van der Waals surface area (Å²) in [6, 6.07) is 20.9. The Hall–Kier alpha value is -2.85. The number of piperidine rings is 1. The molecule has 28 heavy (non-hydrogen) atoms. The number of rotatable bonds is 6. The van der Waals surface area contributed by atoms with E-state index in [1.54, 1.807) is 12.1 Å². The van der Waals surface area contributed by atoms with Gasteiger partial charge in [0.1, 0.15) is 23.9 Å². The van der Waals surface area contributed by atoms with E-state index < -0.39 is 0 Å². The predicted molar refractivity (Wildman–Crippen MR) is 110 cm³/mol. The van der Waals surface area contributed by atoms with Gasteiger partial charge in [0.2, 0.25) is 0 Å². The summed E-state index contributed by atoms with van der Waals surface area (Å²) in [5.74, 6) is 2.13. The Bertz CT molecular complexity index is 942. The molecule has 1 aliphatic heterocycles. The van der Waals surface area contributed by atoms with Gasteiger partial charge in [0.15, 0.2) is 5.43 Å². The van der Waals surface area contributed by atoms with Gasteiger partial charge in [0, 0.05) is 17.7 Å². The van der Waals surface area contributed by atoms with Crippen LogP contribution in [0.2, 0.25) is 0 Å². The number of hydrogen-bond donors (Lipinski definition) is 0. The van der Waals surface area contributed by atoms with Crippen molar-refractivity contribution in [1.29, 1.82) is 0 Å². The highest BCUT2D eigenvalue weighted by Crippen LogP contribution is 2.23. The predicted octanol–water partition coefficient (Wildman–Crippen LogP) is 4.87. The van der Waals surface area contributed by atoms with Crippen molar-refractivity contribution in [3.05, 3.63) is 88.3 Å². The first-order chi connectivity index (χ1) is 13.8. The Kier molecular flexibility index (Phi) is 5.88. The average Bonchev–Trinajstić information content (AvgIpc) is 2.74. The number of benzene rings is 2. The third kappa shape index (κ3) is 4.90. The first-order valence-corrected chi connectivity index (χ1v) is 9.90. The van der Waals surface area contributed by atoms with Gasteiger partial charge in [0.25, 0.3) is 0 Å². The first-order valence-electron chi connectivity index (χ1n) is 9.90. The minimum Gasteiger partial charge on any atom is -0.489 e. The fraction of sp³-hybridized carbons (Fsp3) is 0.292. The zero-order valence-electron chi connectivity index (χ0n) is 16.0. The Morgan fingerprint density at radius 3 is 2.39 bits per heavy atom. The zero-order valence-corrected chi connectivity index (χ0v) is 16.0. The molecule has 1 fully saturated rings. The topological polar surface area (TPSA) is 42.7 Å². The fourth-order valence-corrected chi connectivity index (χ4v) is 3.54. The van der Waals surface area contributed by atoms with Gasteiger partial charge >= 0.3 is 0 Å². The van der Waals surface area contributed by atoms with Crippen LogP contribution < -0.4 is 10.2 Å². The van der Waals surface area contributed by atoms with Gasteiger partial charge in [-0.25, -0.2) is 0 Å². The second kappa shape index (κ2) is 8.89. The highest BCUT2D eigenvalue weighted by molar-refractivity contribution is 5.58. The Morgan fingerprint density at radius 2 is 1.64 bits per heavy atom. The van der Waals surface area contributed by atoms with Gasteiger partial charge in [-0.1, -0.05) is 36.8 Å². The standard InChI is InChI=1S/C24H25NO3/c26-21-15-23(17-25-13-5-2-6-14-25)28-24(16-21)20-9-11-22(12-10-20)27-18-19-7-3-1-4-8-19/h1,3-4,7-12,15-16H,2,5-6,13-14,17-18H2. The summed E-state index contributed by atoms with van der Waals surface area (Å²) >= 11 is 0. The second-order valence-electron chi connectivity index (χ2n) is 7.26. The molecule has 0 radical (unpaired) electrons. The largest absolute Gasteiger partial charge is 0.489 e. The minimum atomic E-state index is -0.0161. The van der Waals surface area contributed by atoms with E-state index in [0.29, 0.717) is 18.9 Å². The summed E-state index contributed by atoms with van der Waals surface area (Å²) < 4.78 is 11.9. The van der Waals surface area contributed by atoms with Crippen molar-refractivity contribution >= 4 is 0 Å². The van der Waals surface area contributed by atoms with Crippen LogP contribution in [-0.2, 0) is 13.2 Å². The molecule has 0 aliphatic carbocycles. The van der Waals surface area contributed by atoms with Crippen LogP contribution in [0.15, 0.2) is 75.9 Å². The summed E-state index contributed by atoms with van der Waals surface area (Å²) in [6.07, 6.45) is 3.72. The van der Waals surface area contributed by atoms with Crippen LogP contribution in [0.5, 0.6) is 5.75 Å². The molecule has 0 bridgehead atoms. The van der Waals surface area contributed by atoms with Crippen molar-refractivity contribution in [2.75, 3.05) is 13.1 Å². The van der Waals surface area contributed by atoms with Crippen LogP contribution in [0, 0.1) is 0 Å². The van der Waals surface area contributed by atoms with Gasteiger partial charge in [-0.3, -0.25) is 9.69 Å². The van der Waals surface area contributed by atoms with Gasteiger partial charge in [-0.2, -0.15) is 0 Å². The molecule has 0 unspecified atom stereocenters. The van der Waals surface area contributed by atoms with Crippen molar-refractivity contribution in [3.8, 4) is 17.1 Å². The summed E-state index contributed by atoms with van der Waals surface area (Å²) in [7, 11) is 0. The summed E-state index contributed by atoms with van der Waals surface area (Å²) in [6.45, 7) is 3.37. The van der Waals surface area contributed by atoms with E-state index in [0.717, 1.165) is 35.7 Å². The second-order valence-corrected chi connectivity index (χ2v) is 7.26. The van der Waals surface area contributed by atoms with E-state index in [4.69, 9.17) is 9.15 Å². The van der Waals surface area contributed by atoms with Gasteiger partial charge < -0.3 is 9.15 Å². The molecule has 1 saturated heterocycles. The minimum absolute atomic E-state index is 0.0161. The van der Waals surface area contributed by atoms with Crippen LogP contribution >= 0.6 is 0 Å². The van der Waals surface area contributed by atoms with Crippen molar-refractivity contribution in [2.24, 2.45) is 0 Å². The lowest BCUT2D eigenvalue weighted by atomic mass is 10.1. The van der Waals surface area contributed by atoms with E-state index in [-0.39, 0.29) is 5.43 Å². The number of nitrogens with zero attached hydrogens (tertiary/aromatic N) is 1.